The fourth-order valence-electron chi connectivity index (χ4n) is 1.16. The van der Waals surface area contributed by atoms with Gasteiger partial charge in [-0.15, -0.1) is 0 Å². The summed E-state index contributed by atoms with van der Waals surface area (Å²) in [6.07, 6.45) is 0. The first-order valence-corrected chi connectivity index (χ1v) is 5.28. The molecule has 1 aromatic rings. The molecule has 0 aliphatic rings. The smallest absolute Gasteiger partial charge is 0.169 e. The van der Waals surface area contributed by atoms with Gasteiger partial charge in [0.15, 0.2) is 5.11 Å². The molecular weight excluding hydrogens is 208 g/mol. The normalized spacial score (nSPS) is 9.73. The fraction of sp³-hybridized carbons (Fsp3) is 0.364. The van der Waals surface area contributed by atoms with Gasteiger partial charge >= 0.3 is 0 Å². The molecule has 0 bridgehead atoms. The standard InChI is InChI=1S/C11H16N2OS/c1-13(7-8-14)11(15)12-9-10-5-3-2-4-6-10/h2-6,14H,7-9H2,1H3,(H,12,15). The van der Waals surface area contributed by atoms with Gasteiger partial charge < -0.3 is 15.3 Å². The van der Waals surface area contributed by atoms with Gasteiger partial charge in [0.2, 0.25) is 0 Å². The van der Waals surface area contributed by atoms with E-state index in [1.165, 1.54) is 5.56 Å². The van der Waals surface area contributed by atoms with Crippen molar-refractivity contribution in [1.82, 2.24) is 10.2 Å². The van der Waals surface area contributed by atoms with Gasteiger partial charge in [0.25, 0.3) is 0 Å². The lowest BCUT2D eigenvalue weighted by Crippen LogP contribution is -2.38. The zero-order valence-corrected chi connectivity index (χ0v) is 9.63. The van der Waals surface area contributed by atoms with E-state index in [-0.39, 0.29) is 6.61 Å². The van der Waals surface area contributed by atoms with Crippen LogP contribution in [-0.2, 0) is 6.54 Å². The lowest BCUT2D eigenvalue weighted by Gasteiger charge is -2.19. The Hall–Kier alpha value is -1.13. The SMILES string of the molecule is CN(CCO)C(=S)NCc1ccccc1. The van der Waals surface area contributed by atoms with E-state index in [1.54, 1.807) is 0 Å². The Balaban J connectivity index is 2.34. The molecule has 15 heavy (non-hydrogen) atoms. The number of benzene rings is 1. The summed E-state index contributed by atoms with van der Waals surface area (Å²) in [5.74, 6) is 0. The van der Waals surface area contributed by atoms with Crippen LogP contribution < -0.4 is 5.32 Å². The number of hydrogen-bond acceptors (Lipinski definition) is 2. The molecule has 0 atom stereocenters. The van der Waals surface area contributed by atoms with E-state index in [2.05, 4.69) is 5.32 Å². The Bertz CT molecular complexity index is 303. The van der Waals surface area contributed by atoms with Crippen LogP contribution in [0.4, 0.5) is 0 Å². The third kappa shape index (κ3) is 4.27. The molecule has 0 saturated carbocycles. The summed E-state index contributed by atoms with van der Waals surface area (Å²) in [4.78, 5) is 1.82. The highest BCUT2D eigenvalue weighted by Crippen LogP contribution is 1.97. The third-order valence-electron chi connectivity index (χ3n) is 2.07. The second-order valence-electron chi connectivity index (χ2n) is 3.29. The minimum atomic E-state index is 0.115. The highest BCUT2D eigenvalue weighted by Gasteiger charge is 2.01. The van der Waals surface area contributed by atoms with Gasteiger partial charge in [-0.25, -0.2) is 0 Å². The fourth-order valence-corrected chi connectivity index (χ4v) is 1.32. The van der Waals surface area contributed by atoms with E-state index in [1.807, 2.05) is 42.3 Å². The highest BCUT2D eigenvalue weighted by molar-refractivity contribution is 7.80. The lowest BCUT2D eigenvalue weighted by atomic mass is 10.2. The maximum absolute atomic E-state index is 8.74. The summed E-state index contributed by atoms with van der Waals surface area (Å²) < 4.78 is 0. The van der Waals surface area contributed by atoms with Crippen molar-refractivity contribution in [3.8, 4) is 0 Å². The molecule has 0 aliphatic heterocycles. The number of nitrogens with one attached hydrogen (secondary N) is 1. The molecule has 1 rings (SSSR count). The summed E-state index contributed by atoms with van der Waals surface area (Å²) in [7, 11) is 1.86. The molecular formula is C11H16N2OS. The van der Waals surface area contributed by atoms with Crippen molar-refractivity contribution >= 4 is 17.3 Å². The van der Waals surface area contributed by atoms with E-state index >= 15 is 0 Å². The number of nitrogens with zero attached hydrogens (tertiary/aromatic N) is 1. The predicted octanol–water partition coefficient (Wildman–Crippen LogP) is 0.985. The van der Waals surface area contributed by atoms with Crippen LogP contribution in [0.5, 0.6) is 0 Å². The Labute approximate surface area is 95.7 Å². The largest absolute Gasteiger partial charge is 0.395 e. The van der Waals surface area contributed by atoms with E-state index < -0.39 is 0 Å². The van der Waals surface area contributed by atoms with Gasteiger partial charge in [0.05, 0.1) is 6.61 Å². The molecule has 3 nitrogen and oxygen atoms in total. The van der Waals surface area contributed by atoms with Crippen LogP contribution in [0.1, 0.15) is 5.56 Å². The average Bonchev–Trinajstić information content (AvgIpc) is 2.27. The molecule has 0 aliphatic carbocycles. The first kappa shape index (κ1) is 11.9. The highest BCUT2D eigenvalue weighted by atomic mass is 32.1. The van der Waals surface area contributed by atoms with E-state index in [4.69, 9.17) is 17.3 Å². The van der Waals surface area contributed by atoms with Crippen LogP contribution in [0.2, 0.25) is 0 Å². The van der Waals surface area contributed by atoms with Gasteiger partial charge in [-0.05, 0) is 17.8 Å². The number of aliphatic hydroxyl groups is 1. The van der Waals surface area contributed by atoms with Crippen LogP contribution in [0.3, 0.4) is 0 Å². The molecule has 4 heteroatoms. The summed E-state index contributed by atoms with van der Waals surface area (Å²) >= 11 is 5.14. The molecule has 82 valence electrons. The monoisotopic (exact) mass is 224 g/mol. The Morgan fingerprint density at radius 1 is 1.40 bits per heavy atom. The summed E-state index contributed by atoms with van der Waals surface area (Å²) in [5.41, 5.74) is 1.19. The van der Waals surface area contributed by atoms with Crippen molar-refractivity contribution in [3.05, 3.63) is 35.9 Å². The molecule has 2 N–H and O–H groups in total. The number of aliphatic hydroxyl groups excluding tert-OH is 1. The molecule has 0 saturated heterocycles. The minimum absolute atomic E-state index is 0.115. The molecule has 0 spiro atoms. The number of thiocarbonyl (C=S) groups is 1. The van der Waals surface area contributed by atoms with Crippen molar-refractivity contribution in [2.24, 2.45) is 0 Å². The number of hydrogen-bond donors (Lipinski definition) is 2. The van der Waals surface area contributed by atoms with Gasteiger partial charge in [0, 0.05) is 20.1 Å². The minimum Gasteiger partial charge on any atom is -0.395 e. The van der Waals surface area contributed by atoms with Gasteiger partial charge in [-0.2, -0.15) is 0 Å². The summed E-state index contributed by atoms with van der Waals surface area (Å²) in [5, 5.41) is 12.5. The van der Waals surface area contributed by atoms with E-state index in [0.29, 0.717) is 11.7 Å². The van der Waals surface area contributed by atoms with E-state index in [9.17, 15) is 0 Å². The molecule has 1 aromatic carbocycles. The first-order chi connectivity index (χ1) is 7.24. The second-order valence-corrected chi connectivity index (χ2v) is 3.68. The van der Waals surface area contributed by atoms with Crippen molar-refractivity contribution < 1.29 is 5.11 Å². The van der Waals surface area contributed by atoms with Crippen molar-refractivity contribution in [2.75, 3.05) is 20.2 Å². The zero-order valence-electron chi connectivity index (χ0n) is 8.81. The van der Waals surface area contributed by atoms with Gasteiger partial charge in [0.1, 0.15) is 0 Å². The maximum Gasteiger partial charge on any atom is 0.169 e. The molecule has 0 aromatic heterocycles. The second kappa shape index (κ2) is 6.37. The van der Waals surface area contributed by atoms with Crippen molar-refractivity contribution in [3.63, 3.8) is 0 Å². The van der Waals surface area contributed by atoms with Crippen LogP contribution in [0, 0.1) is 0 Å². The molecule has 0 radical (unpaired) electrons. The number of likely N-dealkylation sites (N-methyl/N-ethyl adjacent to an activating group) is 1. The van der Waals surface area contributed by atoms with Gasteiger partial charge in [-0.3, -0.25) is 0 Å². The van der Waals surface area contributed by atoms with Crippen LogP contribution >= 0.6 is 12.2 Å². The summed E-state index contributed by atoms with van der Waals surface area (Å²) in [6.45, 7) is 1.39. The number of rotatable bonds is 4. The molecule has 0 amide bonds. The van der Waals surface area contributed by atoms with Gasteiger partial charge in [-0.1, -0.05) is 30.3 Å². The van der Waals surface area contributed by atoms with Crippen LogP contribution in [0.25, 0.3) is 0 Å². The van der Waals surface area contributed by atoms with Crippen molar-refractivity contribution in [2.45, 2.75) is 6.54 Å². The van der Waals surface area contributed by atoms with Crippen molar-refractivity contribution in [1.29, 1.82) is 0 Å². The molecule has 0 fully saturated rings. The Morgan fingerprint density at radius 2 is 2.07 bits per heavy atom. The lowest BCUT2D eigenvalue weighted by molar-refractivity contribution is 0.263. The molecule has 0 unspecified atom stereocenters. The quantitative estimate of drug-likeness (QED) is 0.748. The Morgan fingerprint density at radius 3 is 2.67 bits per heavy atom. The zero-order chi connectivity index (χ0) is 11.1. The average molecular weight is 224 g/mol. The summed E-state index contributed by atoms with van der Waals surface area (Å²) in [6, 6.07) is 10.1. The predicted molar refractivity (Wildman–Crippen MR) is 65.6 cm³/mol. The van der Waals surface area contributed by atoms with Crippen LogP contribution in [-0.4, -0.2) is 35.3 Å². The van der Waals surface area contributed by atoms with E-state index in [0.717, 1.165) is 6.54 Å². The van der Waals surface area contributed by atoms with Crippen LogP contribution in [0.15, 0.2) is 30.3 Å². The molecule has 0 heterocycles. The maximum atomic E-state index is 8.74. The Kier molecular flexibility index (Phi) is 5.07. The topological polar surface area (TPSA) is 35.5 Å². The third-order valence-corrected chi connectivity index (χ3v) is 2.52. The first-order valence-electron chi connectivity index (χ1n) is 4.88.